The molecule has 2 aromatic rings. The van der Waals surface area contributed by atoms with Crippen LogP contribution in [-0.4, -0.2) is 11.5 Å². The summed E-state index contributed by atoms with van der Waals surface area (Å²) in [5, 5.41) is 0. The van der Waals surface area contributed by atoms with Gasteiger partial charge in [0.1, 0.15) is 6.26 Å². The molecule has 1 aromatic heterocycles. The van der Waals surface area contributed by atoms with E-state index in [1.807, 2.05) is 0 Å². The van der Waals surface area contributed by atoms with Gasteiger partial charge in [0.15, 0.2) is 0 Å². The first kappa shape index (κ1) is 13.6. The minimum absolute atomic E-state index is 0.320. The summed E-state index contributed by atoms with van der Waals surface area (Å²) in [5.74, 6) is 0.320. The Labute approximate surface area is 108 Å². The molecule has 0 unspecified atom stereocenters. The van der Waals surface area contributed by atoms with Crippen molar-refractivity contribution >= 4 is 0 Å². The van der Waals surface area contributed by atoms with Gasteiger partial charge in [-0.3, -0.25) is 0 Å². The van der Waals surface area contributed by atoms with Gasteiger partial charge in [-0.1, -0.05) is 0 Å². The molecule has 0 fully saturated rings. The molecule has 0 amide bonds. The Bertz CT molecular complexity index is 532. The van der Waals surface area contributed by atoms with E-state index in [-0.39, 0.29) is 0 Å². The predicted octanol–water partition coefficient (Wildman–Crippen LogP) is 3.25. The smallest absolute Gasteiger partial charge is 0.416 e. The molecule has 0 saturated carbocycles. The Morgan fingerprint density at radius 1 is 1.16 bits per heavy atom. The number of aromatic nitrogens is 1. The highest BCUT2D eigenvalue weighted by atomic mass is 19.4. The maximum Gasteiger partial charge on any atom is 0.416 e. The maximum absolute atomic E-state index is 12.4. The van der Waals surface area contributed by atoms with Crippen LogP contribution in [0.25, 0.3) is 11.5 Å². The highest BCUT2D eigenvalue weighted by Gasteiger charge is 2.30. The minimum Gasteiger partial charge on any atom is -0.444 e. The number of nitrogens with zero attached hydrogens (tertiary/aromatic N) is 1. The predicted molar refractivity (Wildman–Crippen MR) is 64.3 cm³/mol. The molecule has 19 heavy (non-hydrogen) atoms. The van der Waals surface area contributed by atoms with Gasteiger partial charge in [0.05, 0.1) is 11.3 Å². The fraction of sp³-hybridized carbons (Fsp3) is 0.308. The van der Waals surface area contributed by atoms with Crippen molar-refractivity contribution in [3.05, 3.63) is 41.8 Å². The van der Waals surface area contributed by atoms with E-state index in [0.717, 1.165) is 24.2 Å². The van der Waals surface area contributed by atoms with Crippen LogP contribution in [0.1, 0.15) is 17.7 Å². The van der Waals surface area contributed by atoms with E-state index in [0.29, 0.717) is 24.4 Å². The number of halogens is 3. The molecule has 0 bridgehead atoms. The number of aryl methyl sites for hydroxylation is 1. The third-order valence-corrected chi connectivity index (χ3v) is 2.65. The number of hydrogen-bond donors (Lipinski definition) is 1. The molecule has 0 aliphatic heterocycles. The van der Waals surface area contributed by atoms with Gasteiger partial charge in [-0.15, -0.1) is 0 Å². The standard InChI is InChI=1S/C13H13F3N2O/c14-13(15,16)10-5-3-9(4-6-10)12-18-11(8-19-12)2-1-7-17/h3-6,8H,1-2,7,17H2. The molecule has 0 spiro atoms. The van der Waals surface area contributed by atoms with Crippen molar-refractivity contribution in [2.45, 2.75) is 19.0 Å². The maximum atomic E-state index is 12.4. The van der Waals surface area contributed by atoms with E-state index >= 15 is 0 Å². The van der Waals surface area contributed by atoms with Crippen molar-refractivity contribution in [1.82, 2.24) is 4.98 Å². The normalized spacial score (nSPS) is 11.8. The molecule has 3 nitrogen and oxygen atoms in total. The number of nitrogens with two attached hydrogens (primary N) is 1. The van der Waals surface area contributed by atoms with Gasteiger partial charge < -0.3 is 10.2 Å². The number of hydrogen-bond acceptors (Lipinski definition) is 3. The highest BCUT2D eigenvalue weighted by molar-refractivity contribution is 5.53. The zero-order valence-electron chi connectivity index (χ0n) is 10.1. The third-order valence-electron chi connectivity index (χ3n) is 2.65. The van der Waals surface area contributed by atoms with Crippen molar-refractivity contribution < 1.29 is 17.6 Å². The first-order valence-electron chi connectivity index (χ1n) is 5.83. The van der Waals surface area contributed by atoms with Crippen molar-refractivity contribution in [3.63, 3.8) is 0 Å². The largest absolute Gasteiger partial charge is 0.444 e. The van der Waals surface area contributed by atoms with Crippen LogP contribution in [0, 0.1) is 0 Å². The average molecular weight is 270 g/mol. The van der Waals surface area contributed by atoms with Gasteiger partial charge >= 0.3 is 6.18 Å². The SMILES string of the molecule is NCCCc1coc(-c2ccc(C(F)(F)F)cc2)n1. The Kier molecular flexibility index (Phi) is 3.90. The van der Waals surface area contributed by atoms with Crippen LogP contribution in [0.15, 0.2) is 34.9 Å². The zero-order valence-corrected chi connectivity index (χ0v) is 10.1. The summed E-state index contributed by atoms with van der Waals surface area (Å²) in [6.07, 6.45) is -1.34. The molecule has 0 aliphatic rings. The zero-order chi connectivity index (χ0) is 13.9. The summed E-state index contributed by atoms with van der Waals surface area (Å²) < 4.78 is 42.5. The summed E-state index contributed by atoms with van der Waals surface area (Å²) in [6.45, 7) is 0.558. The molecule has 0 aliphatic carbocycles. The fourth-order valence-electron chi connectivity index (χ4n) is 1.64. The average Bonchev–Trinajstić information content (AvgIpc) is 2.84. The van der Waals surface area contributed by atoms with E-state index in [2.05, 4.69) is 4.98 Å². The topological polar surface area (TPSA) is 52.0 Å². The highest BCUT2D eigenvalue weighted by Crippen LogP contribution is 2.30. The van der Waals surface area contributed by atoms with Crippen molar-refractivity contribution in [2.75, 3.05) is 6.54 Å². The van der Waals surface area contributed by atoms with Crippen LogP contribution in [0.2, 0.25) is 0 Å². The van der Waals surface area contributed by atoms with E-state index in [4.69, 9.17) is 10.2 Å². The Hall–Kier alpha value is -1.82. The van der Waals surface area contributed by atoms with E-state index in [1.54, 1.807) is 0 Å². The second-order valence-electron chi connectivity index (χ2n) is 4.11. The first-order valence-corrected chi connectivity index (χ1v) is 5.83. The van der Waals surface area contributed by atoms with Crippen molar-refractivity contribution in [3.8, 4) is 11.5 Å². The van der Waals surface area contributed by atoms with Crippen molar-refractivity contribution in [2.24, 2.45) is 5.73 Å². The number of benzene rings is 1. The molecule has 2 rings (SSSR count). The summed E-state index contributed by atoms with van der Waals surface area (Å²) in [7, 11) is 0. The molecule has 0 atom stereocenters. The van der Waals surface area contributed by atoms with Gasteiger partial charge in [-0.25, -0.2) is 4.98 Å². The second-order valence-corrected chi connectivity index (χ2v) is 4.11. The van der Waals surface area contributed by atoms with Crippen LogP contribution in [-0.2, 0) is 12.6 Å². The third kappa shape index (κ3) is 3.35. The van der Waals surface area contributed by atoms with Gasteiger partial charge in [0.25, 0.3) is 0 Å². The van der Waals surface area contributed by atoms with E-state index in [1.165, 1.54) is 18.4 Å². The monoisotopic (exact) mass is 270 g/mol. The second kappa shape index (κ2) is 5.44. The molecule has 0 radical (unpaired) electrons. The van der Waals surface area contributed by atoms with Crippen LogP contribution in [0.5, 0.6) is 0 Å². The van der Waals surface area contributed by atoms with E-state index < -0.39 is 11.7 Å². The molecule has 102 valence electrons. The van der Waals surface area contributed by atoms with Crippen LogP contribution >= 0.6 is 0 Å². The molecule has 0 saturated heterocycles. The van der Waals surface area contributed by atoms with Crippen LogP contribution < -0.4 is 5.73 Å². The lowest BCUT2D eigenvalue weighted by molar-refractivity contribution is -0.137. The molecule has 1 aromatic carbocycles. The molecule has 1 heterocycles. The Morgan fingerprint density at radius 2 is 1.84 bits per heavy atom. The number of oxazole rings is 1. The van der Waals surface area contributed by atoms with Crippen molar-refractivity contribution in [1.29, 1.82) is 0 Å². The van der Waals surface area contributed by atoms with Crippen LogP contribution in [0.4, 0.5) is 13.2 Å². The van der Waals surface area contributed by atoms with Gasteiger partial charge in [-0.2, -0.15) is 13.2 Å². The van der Waals surface area contributed by atoms with Gasteiger partial charge in [-0.05, 0) is 43.7 Å². The number of alkyl halides is 3. The quantitative estimate of drug-likeness (QED) is 0.927. The van der Waals surface area contributed by atoms with Gasteiger partial charge in [0.2, 0.25) is 5.89 Å². The summed E-state index contributed by atoms with van der Waals surface area (Å²) in [5.41, 5.74) is 5.97. The molecule has 6 heteroatoms. The minimum atomic E-state index is -4.33. The lowest BCUT2D eigenvalue weighted by Gasteiger charge is -2.05. The summed E-state index contributed by atoms with van der Waals surface area (Å²) in [6, 6.07) is 4.72. The lowest BCUT2D eigenvalue weighted by Crippen LogP contribution is -2.04. The summed E-state index contributed by atoms with van der Waals surface area (Å²) in [4.78, 5) is 4.21. The Morgan fingerprint density at radius 3 is 2.42 bits per heavy atom. The fourth-order valence-corrected chi connectivity index (χ4v) is 1.64. The van der Waals surface area contributed by atoms with Gasteiger partial charge in [0, 0.05) is 5.56 Å². The lowest BCUT2D eigenvalue weighted by atomic mass is 10.1. The Balaban J connectivity index is 2.16. The first-order chi connectivity index (χ1) is 9.00. The van der Waals surface area contributed by atoms with Crippen LogP contribution in [0.3, 0.4) is 0 Å². The summed E-state index contributed by atoms with van der Waals surface area (Å²) >= 11 is 0. The molecular weight excluding hydrogens is 257 g/mol. The van der Waals surface area contributed by atoms with E-state index in [9.17, 15) is 13.2 Å². The molecule has 2 N–H and O–H groups in total. The molecular formula is C13H13F3N2O. The number of rotatable bonds is 4.